The Morgan fingerprint density at radius 2 is 1.57 bits per heavy atom. The normalized spacial score (nSPS) is 29.1. The lowest BCUT2D eigenvalue weighted by molar-refractivity contribution is 0.105. The molecule has 1 heteroatoms. The van der Waals surface area contributed by atoms with Gasteiger partial charge in [0, 0.05) is 0 Å². The predicted octanol–water partition coefficient (Wildman–Crippen LogP) is 4.16. The van der Waals surface area contributed by atoms with Crippen molar-refractivity contribution in [2.24, 2.45) is 5.92 Å². The van der Waals surface area contributed by atoms with Gasteiger partial charge in [0.15, 0.2) is 0 Å². The number of hydrogen-bond acceptors (Lipinski definition) is 1. The van der Waals surface area contributed by atoms with E-state index in [2.05, 4.69) is 20.8 Å². The Balaban J connectivity index is 0.000000140. The van der Waals surface area contributed by atoms with Gasteiger partial charge >= 0.3 is 0 Å². The molecule has 2 rings (SSSR count). The molecule has 2 heterocycles. The average molecular weight is 198 g/mol. The summed E-state index contributed by atoms with van der Waals surface area (Å²) >= 11 is 0. The van der Waals surface area contributed by atoms with Crippen LogP contribution >= 0.6 is 0 Å². The van der Waals surface area contributed by atoms with Crippen molar-refractivity contribution in [3.05, 3.63) is 0 Å². The number of fused-ring (bicyclic) bond motifs is 2. The first-order chi connectivity index (χ1) is 6.72. The molecule has 0 aromatic rings. The van der Waals surface area contributed by atoms with Gasteiger partial charge < -0.3 is 4.74 Å². The highest BCUT2D eigenvalue weighted by Crippen LogP contribution is 2.33. The molecule has 2 fully saturated rings. The zero-order valence-electron chi connectivity index (χ0n) is 10.1. The monoisotopic (exact) mass is 198 g/mol. The quantitative estimate of drug-likeness (QED) is 0.661. The summed E-state index contributed by atoms with van der Waals surface area (Å²) in [4.78, 5) is 0. The highest BCUT2D eigenvalue weighted by molar-refractivity contribution is 4.81. The molecule has 2 aliphatic heterocycles. The Labute approximate surface area is 89.2 Å². The Morgan fingerprint density at radius 3 is 1.71 bits per heavy atom. The van der Waals surface area contributed by atoms with Crippen LogP contribution in [-0.4, -0.2) is 12.2 Å². The molecule has 2 aliphatic rings. The van der Waals surface area contributed by atoms with E-state index in [0.29, 0.717) is 12.2 Å². The first-order valence-corrected chi connectivity index (χ1v) is 6.37. The predicted molar refractivity (Wildman–Crippen MR) is 61.5 cm³/mol. The van der Waals surface area contributed by atoms with Gasteiger partial charge in [-0.15, -0.1) is 0 Å². The molecule has 0 aromatic carbocycles. The van der Waals surface area contributed by atoms with E-state index in [9.17, 15) is 0 Å². The molecule has 1 nitrogen and oxygen atoms in total. The SMILES string of the molecule is C1CC2CCC1O2.CCCCC(C)C. The summed E-state index contributed by atoms with van der Waals surface area (Å²) in [5, 5.41) is 0. The van der Waals surface area contributed by atoms with Crippen molar-refractivity contribution in [2.45, 2.75) is 77.9 Å². The van der Waals surface area contributed by atoms with Crippen LogP contribution in [0.4, 0.5) is 0 Å². The maximum absolute atomic E-state index is 5.47. The minimum atomic E-state index is 0.671. The van der Waals surface area contributed by atoms with Crippen LogP contribution in [0.15, 0.2) is 0 Å². The van der Waals surface area contributed by atoms with E-state index in [-0.39, 0.29) is 0 Å². The standard InChI is InChI=1S/C7H16.C6H10O/c1-4-5-6-7(2)3;1-2-6-4-3-5(1)7-6/h7H,4-6H2,1-3H3;5-6H,1-4H2. The van der Waals surface area contributed by atoms with Crippen molar-refractivity contribution < 1.29 is 4.74 Å². The van der Waals surface area contributed by atoms with Gasteiger partial charge in [0.05, 0.1) is 12.2 Å². The Kier molecular flexibility index (Phi) is 5.54. The molecule has 0 aromatic heterocycles. The summed E-state index contributed by atoms with van der Waals surface area (Å²) in [5.41, 5.74) is 0. The Bertz CT molecular complexity index is 124. The molecule has 0 N–H and O–H groups in total. The fraction of sp³-hybridized carbons (Fsp3) is 1.00. The van der Waals surface area contributed by atoms with Crippen LogP contribution in [0.5, 0.6) is 0 Å². The van der Waals surface area contributed by atoms with Crippen LogP contribution in [0.1, 0.15) is 65.7 Å². The molecule has 0 aliphatic carbocycles. The lowest BCUT2D eigenvalue weighted by atomic mass is 10.0. The molecule has 0 spiro atoms. The van der Waals surface area contributed by atoms with Gasteiger partial charge in [-0.05, 0) is 31.6 Å². The van der Waals surface area contributed by atoms with E-state index in [1.807, 2.05) is 0 Å². The lowest BCUT2D eigenvalue weighted by Crippen LogP contribution is -1.98. The lowest BCUT2D eigenvalue weighted by Gasteiger charge is -2.00. The summed E-state index contributed by atoms with van der Waals surface area (Å²) < 4.78 is 5.47. The third-order valence-corrected chi connectivity index (χ3v) is 3.14. The molecule has 2 saturated heterocycles. The van der Waals surface area contributed by atoms with Gasteiger partial charge in [-0.2, -0.15) is 0 Å². The van der Waals surface area contributed by atoms with Gasteiger partial charge in [-0.1, -0.05) is 40.0 Å². The minimum absolute atomic E-state index is 0.671. The highest BCUT2D eigenvalue weighted by atomic mass is 16.5. The Morgan fingerprint density at radius 1 is 1.07 bits per heavy atom. The van der Waals surface area contributed by atoms with Crippen LogP contribution in [0.2, 0.25) is 0 Å². The first-order valence-electron chi connectivity index (χ1n) is 6.37. The van der Waals surface area contributed by atoms with Crippen molar-refractivity contribution in [3.63, 3.8) is 0 Å². The number of ether oxygens (including phenoxy) is 1. The summed E-state index contributed by atoms with van der Waals surface area (Å²) in [6.07, 6.45) is 10.8. The van der Waals surface area contributed by atoms with Crippen molar-refractivity contribution >= 4 is 0 Å². The maximum atomic E-state index is 5.47. The molecular weight excluding hydrogens is 172 g/mol. The smallest absolute Gasteiger partial charge is 0.0580 e. The topological polar surface area (TPSA) is 9.23 Å². The molecule has 0 atom stereocenters. The van der Waals surface area contributed by atoms with Crippen LogP contribution in [0.25, 0.3) is 0 Å². The van der Waals surface area contributed by atoms with Gasteiger partial charge in [0.2, 0.25) is 0 Å². The summed E-state index contributed by atoms with van der Waals surface area (Å²) in [6, 6.07) is 0. The minimum Gasteiger partial charge on any atom is -0.375 e. The fourth-order valence-electron chi connectivity index (χ4n) is 2.19. The van der Waals surface area contributed by atoms with E-state index in [1.54, 1.807) is 0 Å². The second-order valence-corrected chi connectivity index (χ2v) is 5.07. The molecule has 0 amide bonds. The Hall–Kier alpha value is -0.0400. The van der Waals surface area contributed by atoms with Crippen LogP contribution < -0.4 is 0 Å². The van der Waals surface area contributed by atoms with E-state index >= 15 is 0 Å². The maximum Gasteiger partial charge on any atom is 0.0580 e. The highest BCUT2D eigenvalue weighted by Gasteiger charge is 2.31. The molecular formula is C13H26O. The van der Waals surface area contributed by atoms with Crippen molar-refractivity contribution in [3.8, 4) is 0 Å². The second kappa shape index (κ2) is 6.44. The third kappa shape index (κ3) is 4.45. The third-order valence-electron chi connectivity index (χ3n) is 3.14. The van der Waals surface area contributed by atoms with Crippen molar-refractivity contribution in [1.29, 1.82) is 0 Å². The second-order valence-electron chi connectivity index (χ2n) is 5.07. The molecule has 84 valence electrons. The molecule has 2 bridgehead atoms. The van der Waals surface area contributed by atoms with Gasteiger partial charge in [0.25, 0.3) is 0 Å². The zero-order valence-corrected chi connectivity index (χ0v) is 10.1. The largest absolute Gasteiger partial charge is 0.375 e. The number of unbranched alkanes of at least 4 members (excludes halogenated alkanes) is 1. The van der Waals surface area contributed by atoms with Crippen LogP contribution in [0, 0.1) is 5.92 Å². The summed E-state index contributed by atoms with van der Waals surface area (Å²) in [6.45, 7) is 6.79. The van der Waals surface area contributed by atoms with Crippen LogP contribution in [-0.2, 0) is 4.74 Å². The molecule has 14 heavy (non-hydrogen) atoms. The van der Waals surface area contributed by atoms with Gasteiger partial charge in [0.1, 0.15) is 0 Å². The number of hydrogen-bond donors (Lipinski definition) is 0. The van der Waals surface area contributed by atoms with Crippen molar-refractivity contribution in [2.75, 3.05) is 0 Å². The molecule has 0 saturated carbocycles. The van der Waals surface area contributed by atoms with E-state index in [4.69, 9.17) is 4.74 Å². The van der Waals surface area contributed by atoms with Gasteiger partial charge in [-0.3, -0.25) is 0 Å². The van der Waals surface area contributed by atoms with Crippen molar-refractivity contribution in [1.82, 2.24) is 0 Å². The summed E-state index contributed by atoms with van der Waals surface area (Å²) in [5.74, 6) is 0.903. The first kappa shape index (κ1) is 12.0. The van der Waals surface area contributed by atoms with Gasteiger partial charge in [-0.25, -0.2) is 0 Å². The molecule has 0 unspecified atom stereocenters. The average Bonchev–Trinajstić information content (AvgIpc) is 2.79. The van der Waals surface area contributed by atoms with E-state index < -0.39 is 0 Å². The number of rotatable bonds is 3. The van der Waals surface area contributed by atoms with Crippen LogP contribution in [0.3, 0.4) is 0 Å². The van der Waals surface area contributed by atoms with E-state index in [1.165, 1.54) is 44.9 Å². The zero-order chi connectivity index (χ0) is 10.4. The molecule has 0 radical (unpaired) electrons. The van der Waals surface area contributed by atoms with E-state index in [0.717, 1.165) is 5.92 Å². The fourth-order valence-corrected chi connectivity index (χ4v) is 2.19. The summed E-state index contributed by atoms with van der Waals surface area (Å²) in [7, 11) is 0.